The molecular formula is C20H17N2O4S-. The average molecular weight is 381 g/mol. The Bertz CT molecular complexity index is 905. The van der Waals surface area contributed by atoms with Crippen LogP contribution in [0.4, 0.5) is 0 Å². The van der Waals surface area contributed by atoms with Crippen LogP contribution in [0.2, 0.25) is 0 Å². The zero-order valence-electron chi connectivity index (χ0n) is 14.6. The molecule has 7 heteroatoms. The fourth-order valence-electron chi connectivity index (χ4n) is 2.59. The lowest BCUT2D eigenvalue weighted by Crippen LogP contribution is -2.30. The van der Waals surface area contributed by atoms with Gasteiger partial charge in [0.05, 0.1) is 5.97 Å². The van der Waals surface area contributed by atoms with Crippen molar-refractivity contribution in [3.05, 3.63) is 70.9 Å². The maximum Gasteiger partial charge on any atom is 0.276 e. The smallest absolute Gasteiger partial charge is 0.276 e. The Balaban J connectivity index is 1.62. The van der Waals surface area contributed by atoms with E-state index in [-0.39, 0.29) is 11.5 Å². The van der Waals surface area contributed by atoms with Crippen LogP contribution in [0.25, 0.3) is 6.08 Å². The summed E-state index contributed by atoms with van der Waals surface area (Å²) in [5, 5.41) is 14.1. The Labute approximate surface area is 162 Å². The van der Waals surface area contributed by atoms with Crippen molar-refractivity contribution in [3.8, 4) is 5.75 Å². The van der Waals surface area contributed by atoms with Crippen molar-refractivity contribution in [2.75, 3.05) is 6.54 Å². The van der Waals surface area contributed by atoms with E-state index in [1.165, 1.54) is 17.0 Å². The minimum atomic E-state index is -1.20. The van der Waals surface area contributed by atoms with Gasteiger partial charge in [0, 0.05) is 6.54 Å². The number of thiocarbonyl (C=S) groups is 1. The van der Waals surface area contributed by atoms with Gasteiger partial charge in [0.25, 0.3) is 5.91 Å². The van der Waals surface area contributed by atoms with Crippen molar-refractivity contribution in [2.24, 2.45) is 0 Å². The maximum absolute atomic E-state index is 12.2. The fourth-order valence-corrected chi connectivity index (χ4v) is 2.91. The number of nitrogens with zero attached hydrogens (tertiary/aromatic N) is 1. The topological polar surface area (TPSA) is 81.7 Å². The number of carbonyl (C=O) groups excluding carboxylic acids is 2. The molecule has 1 aliphatic rings. The van der Waals surface area contributed by atoms with E-state index in [0.29, 0.717) is 29.7 Å². The number of ether oxygens (including phenoxy) is 1. The summed E-state index contributed by atoms with van der Waals surface area (Å²) in [5.74, 6) is -0.675. The summed E-state index contributed by atoms with van der Waals surface area (Å²) in [6.07, 6.45) is 1.74. The first kappa shape index (κ1) is 18.6. The molecule has 1 N–H and O–H groups in total. The molecule has 0 atom stereocenters. The molecule has 2 aromatic carbocycles. The second-order valence-corrected chi connectivity index (χ2v) is 6.27. The van der Waals surface area contributed by atoms with Gasteiger partial charge in [-0.15, -0.1) is 0 Å². The van der Waals surface area contributed by atoms with Crippen LogP contribution in [0.5, 0.6) is 5.75 Å². The van der Waals surface area contributed by atoms with E-state index in [9.17, 15) is 14.7 Å². The predicted octanol–water partition coefficient (Wildman–Crippen LogP) is 1.71. The number of carboxylic acids is 1. The van der Waals surface area contributed by atoms with Crippen LogP contribution in [0.15, 0.2) is 54.2 Å². The van der Waals surface area contributed by atoms with Gasteiger partial charge in [0.1, 0.15) is 18.1 Å². The standard InChI is InChI=1S/C20H18N2O4S/c1-2-22-18(23)17(21-20(22)27)11-13-5-9-16(10-6-13)26-12-14-3-7-15(8-4-14)19(24)25/h3-11H,2,12H2,1H3,(H,21,27)(H,24,25)/p-1/b17-11-. The Morgan fingerprint density at radius 2 is 1.85 bits per heavy atom. The van der Waals surface area contributed by atoms with Crippen molar-refractivity contribution < 1.29 is 19.4 Å². The van der Waals surface area contributed by atoms with Crippen LogP contribution in [0.3, 0.4) is 0 Å². The third-order valence-electron chi connectivity index (χ3n) is 4.06. The summed E-state index contributed by atoms with van der Waals surface area (Å²) in [5.41, 5.74) is 2.27. The number of likely N-dealkylation sites (N-methyl/N-ethyl adjacent to an activating group) is 1. The zero-order chi connectivity index (χ0) is 19.4. The highest BCUT2D eigenvalue weighted by Gasteiger charge is 2.28. The summed E-state index contributed by atoms with van der Waals surface area (Å²) in [4.78, 5) is 24.4. The van der Waals surface area contributed by atoms with Crippen LogP contribution in [0.1, 0.15) is 28.4 Å². The van der Waals surface area contributed by atoms with Crippen molar-refractivity contribution in [2.45, 2.75) is 13.5 Å². The molecule has 3 rings (SSSR count). The minimum absolute atomic E-state index is 0.132. The number of amides is 1. The normalized spacial score (nSPS) is 15.1. The van der Waals surface area contributed by atoms with Crippen LogP contribution in [0, 0.1) is 0 Å². The molecule has 1 fully saturated rings. The Hall–Kier alpha value is -3.19. The Morgan fingerprint density at radius 3 is 2.41 bits per heavy atom. The van der Waals surface area contributed by atoms with Gasteiger partial charge in [-0.2, -0.15) is 0 Å². The van der Waals surface area contributed by atoms with Crippen LogP contribution in [-0.4, -0.2) is 28.4 Å². The highest BCUT2D eigenvalue weighted by Crippen LogP contribution is 2.18. The Morgan fingerprint density at radius 1 is 1.19 bits per heavy atom. The van der Waals surface area contributed by atoms with Gasteiger partial charge < -0.3 is 20.0 Å². The first-order valence-corrected chi connectivity index (χ1v) is 8.76. The summed E-state index contributed by atoms with van der Waals surface area (Å²) in [6, 6.07) is 13.6. The predicted molar refractivity (Wildman–Crippen MR) is 103 cm³/mol. The SMILES string of the molecule is CCN1C(=O)/C(=C/c2ccc(OCc3ccc(C(=O)[O-])cc3)cc2)NC1=S. The second-order valence-electron chi connectivity index (χ2n) is 5.88. The molecule has 0 unspecified atom stereocenters. The van der Waals surface area contributed by atoms with Gasteiger partial charge in [0.2, 0.25) is 0 Å². The number of carbonyl (C=O) groups is 2. The molecule has 2 aromatic rings. The number of aromatic carboxylic acids is 1. The first-order valence-electron chi connectivity index (χ1n) is 8.35. The van der Waals surface area contributed by atoms with E-state index < -0.39 is 5.97 Å². The van der Waals surface area contributed by atoms with Crippen molar-refractivity contribution in [1.82, 2.24) is 10.2 Å². The molecule has 138 valence electrons. The highest BCUT2D eigenvalue weighted by molar-refractivity contribution is 7.80. The maximum atomic E-state index is 12.2. The average Bonchev–Trinajstić information content (AvgIpc) is 2.94. The van der Waals surface area contributed by atoms with E-state index in [1.807, 2.05) is 19.1 Å². The molecule has 1 aliphatic heterocycles. The molecular weight excluding hydrogens is 364 g/mol. The van der Waals surface area contributed by atoms with E-state index in [0.717, 1.165) is 11.1 Å². The third-order valence-corrected chi connectivity index (χ3v) is 4.39. The monoisotopic (exact) mass is 381 g/mol. The summed E-state index contributed by atoms with van der Waals surface area (Å²) < 4.78 is 5.69. The lowest BCUT2D eigenvalue weighted by molar-refractivity contribution is -0.255. The fraction of sp³-hybridized carbons (Fsp3) is 0.150. The third kappa shape index (κ3) is 4.32. The highest BCUT2D eigenvalue weighted by atomic mass is 32.1. The van der Waals surface area contributed by atoms with E-state index in [2.05, 4.69) is 5.32 Å². The molecule has 0 aromatic heterocycles. The molecule has 0 bridgehead atoms. The molecule has 1 heterocycles. The number of hydrogen-bond donors (Lipinski definition) is 1. The van der Waals surface area contributed by atoms with Crippen LogP contribution < -0.4 is 15.2 Å². The lowest BCUT2D eigenvalue weighted by atomic mass is 10.1. The summed E-state index contributed by atoms with van der Waals surface area (Å²) >= 11 is 5.13. The van der Waals surface area contributed by atoms with Gasteiger partial charge in [-0.05, 0) is 54.0 Å². The number of carboxylic acid groups (broad SMARTS) is 1. The van der Waals surface area contributed by atoms with Crippen LogP contribution >= 0.6 is 12.2 Å². The van der Waals surface area contributed by atoms with Crippen molar-refractivity contribution >= 4 is 35.3 Å². The van der Waals surface area contributed by atoms with Gasteiger partial charge >= 0.3 is 0 Å². The quantitative estimate of drug-likeness (QED) is 0.606. The number of nitrogens with one attached hydrogen (secondary N) is 1. The van der Waals surface area contributed by atoms with Gasteiger partial charge in [-0.3, -0.25) is 9.69 Å². The van der Waals surface area contributed by atoms with E-state index in [4.69, 9.17) is 17.0 Å². The van der Waals surface area contributed by atoms with Gasteiger partial charge in [0.15, 0.2) is 5.11 Å². The zero-order valence-corrected chi connectivity index (χ0v) is 15.4. The number of benzene rings is 2. The molecule has 0 aliphatic carbocycles. The molecule has 1 saturated heterocycles. The largest absolute Gasteiger partial charge is 0.545 e. The molecule has 27 heavy (non-hydrogen) atoms. The summed E-state index contributed by atoms with van der Waals surface area (Å²) in [6.45, 7) is 2.71. The van der Waals surface area contributed by atoms with E-state index in [1.54, 1.807) is 30.3 Å². The number of hydrogen-bond acceptors (Lipinski definition) is 5. The molecule has 0 spiro atoms. The molecule has 6 nitrogen and oxygen atoms in total. The first-order chi connectivity index (χ1) is 13.0. The lowest BCUT2D eigenvalue weighted by Gasteiger charge is -2.09. The van der Waals surface area contributed by atoms with Crippen molar-refractivity contribution in [3.63, 3.8) is 0 Å². The van der Waals surface area contributed by atoms with Gasteiger partial charge in [-0.1, -0.05) is 36.4 Å². The molecule has 1 amide bonds. The molecule has 0 saturated carbocycles. The second kappa shape index (κ2) is 8.01. The number of rotatable bonds is 6. The molecule has 0 radical (unpaired) electrons. The van der Waals surface area contributed by atoms with Crippen LogP contribution in [-0.2, 0) is 11.4 Å². The van der Waals surface area contributed by atoms with Crippen molar-refractivity contribution in [1.29, 1.82) is 0 Å². The minimum Gasteiger partial charge on any atom is -0.545 e. The summed E-state index contributed by atoms with van der Waals surface area (Å²) in [7, 11) is 0. The van der Waals surface area contributed by atoms with Gasteiger partial charge in [-0.25, -0.2) is 0 Å². The Kier molecular flexibility index (Phi) is 5.52. The van der Waals surface area contributed by atoms with E-state index >= 15 is 0 Å².